The summed E-state index contributed by atoms with van der Waals surface area (Å²) in [6.45, 7) is 5.83. The van der Waals surface area contributed by atoms with Crippen molar-refractivity contribution in [3.8, 4) is 23.0 Å². The van der Waals surface area contributed by atoms with Crippen LogP contribution in [0.1, 0.15) is 49.7 Å². The molecule has 6 aromatic rings. The monoisotopic (exact) mass is 992 g/mol. The van der Waals surface area contributed by atoms with Gasteiger partial charge in [-0.1, -0.05) is 35.4 Å². The molecule has 69 heavy (non-hydrogen) atoms. The van der Waals surface area contributed by atoms with E-state index in [0.717, 1.165) is 44.6 Å². The van der Waals surface area contributed by atoms with Crippen molar-refractivity contribution in [1.82, 2.24) is 19.9 Å². The Hall–Kier alpha value is -5.94. The molecule has 4 aromatic carbocycles. The van der Waals surface area contributed by atoms with Gasteiger partial charge in [0.15, 0.2) is 23.0 Å². The number of aliphatic hydroxyl groups is 2. The van der Waals surface area contributed by atoms with Gasteiger partial charge in [0.1, 0.15) is 24.3 Å². The molecule has 0 unspecified atom stereocenters. The van der Waals surface area contributed by atoms with Crippen molar-refractivity contribution in [1.29, 1.82) is 0 Å². The number of fused-ring (bicyclic) bond motifs is 2. The van der Waals surface area contributed by atoms with Crippen molar-refractivity contribution >= 4 is 53.7 Å². The Balaban J connectivity index is 0.000000224. The molecule has 0 aliphatic carbocycles. The highest BCUT2D eigenvalue weighted by Crippen LogP contribution is 2.38. The summed E-state index contributed by atoms with van der Waals surface area (Å²) in [6, 6.07) is 20.3. The van der Waals surface area contributed by atoms with Gasteiger partial charge in [-0.25, -0.2) is 19.9 Å². The second-order valence-electron chi connectivity index (χ2n) is 16.9. The van der Waals surface area contributed by atoms with Crippen molar-refractivity contribution in [2.45, 2.75) is 73.4 Å². The molecule has 0 bridgehead atoms. The van der Waals surface area contributed by atoms with Crippen molar-refractivity contribution < 1.29 is 59.8 Å². The largest absolute Gasteiger partial charge is 0.493 e. The minimum atomic E-state index is -3.86. The lowest BCUT2D eigenvalue weighted by atomic mass is 9.88. The van der Waals surface area contributed by atoms with Crippen molar-refractivity contribution in [3.63, 3.8) is 0 Å². The number of hydrogen-bond donors (Lipinski definition) is 2. The van der Waals surface area contributed by atoms with Crippen LogP contribution in [0, 0.1) is 13.8 Å². The van der Waals surface area contributed by atoms with Crippen LogP contribution in [0.2, 0.25) is 0 Å². The molecule has 2 saturated heterocycles. The number of piperidine rings is 2. The number of anilines is 2. The van der Waals surface area contributed by atoms with Crippen LogP contribution in [0.4, 0.5) is 11.6 Å². The number of aryl methyl sites for hydroxylation is 2. The van der Waals surface area contributed by atoms with Crippen molar-refractivity contribution in [3.05, 3.63) is 96.6 Å². The topological polar surface area (TPSA) is 254 Å². The SMILES string of the molecule is COc1cc2ncnc(N3CCC(O)(CCOS(=O)(=O)c4ccc(C)cc4)CC3)c2cc1OC.COc1cc2ncnc(N3CCC(O)(CCOS(=O)(=O)c4ccc(C)cc4)CC3)c2cc1OC.O. The number of ether oxygens (including phenoxy) is 4. The van der Waals surface area contributed by atoms with E-state index in [9.17, 15) is 27.0 Å². The predicted octanol–water partition coefficient (Wildman–Crippen LogP) is 5.34. The maximum atomic E-state index is 12.4. The number of hydrogen-bond acceptors (Lipinski definition) is 18. The van der Waals surface area contributed by atoms with Crippen molar-refractivity contribution in [2.24, 2.45) is 0 Å². The Labute approximate surface area is 402 Å². The van der Waals surface area contributed by atoms with Crippen molar-refractivity contribution in [2.75, 3.05) is 77.6 Å². The second-order valence-corrected chi connectivity index (χ2v) is 20.2. The third-order valence-electron chi connectivity index (χ3n) is 12.5. The van der Waals surface area contributed by atoms with Gasteiger partial charge in [-0.15, -0.1) is 0 Å². The van der Waals surface area contributed by atoms with Crippen LogP contribution < -0.4 is 28.7 Å². The lowest BCUT2D eigenvalue weighted by Gasteiger charge is -2.39. The van der Waals surface area contributed by atoms with Gasteiger partial charge in [0.25, 0.3) is 20.2 Å². The first-order valence-corrected chi connectivity index (χ1v) is 24.9. The van der Waals surface area contributed by atoms with Crippen LogP contribution in [0.5, 0.6) is 23.0 Å². The fourth-order valence-electron chi connectivity index (χ4n) is 8.24. The van der Waals surface area contributed by atoms with Crippen LogP contribution >= 0.6 is 0 Å². The summed E-state index contributed by atoms with van der Waals surface area (Å²) in [5.41, 5.74) is 1.38. The zero-order chi connectivity index (χ0) is 48.7. The molecule has 21 heteroatoms. The summed E-state index contributed by atoms with van der Waals surface area (Å²) in [4.78, 5) is 22.1. The number of rotatable bonds is 16. The summed E-state index contributed by atoms with van der Waals surface area (Å²) in [5, 5.41) is 23.7. The number of methoxy groups -OCH3 is 4. The highest BCUT2D eigenvalue weighted by molar-refractivity contribution is 7.87. The number of benzene rings is 4. The van der Waals surface area contributed by atoms with E-state index in [1.165, 1.54) is 36.9 Å². The number of aromatic nitrogens is 4. The Morgan fingerprint density at radius 3 is 1.16 bits per heavy atom. The van der Waals surface area contributed by atoms with Crippen LogP contribution in [-0.4, -0.2) is 131 Å². The molecule has 4 heterocycles. The van der Waals surface area contributed by atoms with Crippen LogP contribution in [-0.2, 0) is 28.6 Å². The molecule has 0 spiro atoms. The maximum Gasteiger partial charge on any atom is 0.296 e. The van der Waals surface area contributed by atoms with Gasteiger partial charge >= 0.3 is 0 Å². The third kappa shape index (κ3) is 12.5. The van der Waals surface area contributed by atoms with Gasteiger partial charge in [0.2, 0.25) is 0 Å². The molecule has 372 valence electrons. The molecule has 2 aliphatic rings. The van der Waals surface area contributed by atoms with Gasteiger partial charge < -0.3 is 44.4 Å². The lowest BCUT2D eigenvalue weighted by Crippen LogP contribution is -2.45. The summed E-state index contributed by atoms with van der Waals surface area (Å²) < 4.78 is 81.6. The van der Waals surface area contributed by atoms with E-state index < -0.39 is 31.4 Å². The summed E-state index contributed by atoms with van der Waals surface area (Å²) >= 11 is 0. The average Bonchev–Trinajstić information content (AvgIpc) is 3.33. The second kappa shape index (κ2) is 22.2. The molecular weight excluding hydrogens is 933 g/mol. The summed E-state index contributed by atoms with van der Waals surface area (Å²) in [7, 11) is -1.40. The fourth-order valence-corrected chi connectivity index (χ4v) is 10.1. The van der Waals surface area contributed by atoms with Crippen LogP contribution in [0.3, 0.4) is 0 Å². The quantitative estimate of drug-likeness (QED) is 0.116. The highest BCUT2D eigenvalue weighted by Gasteiger charge is 2.35. The molecule has 2 fully saturated rings. The molecule has 0 amide bonds. The first-order valence-electron chi connectivity index (χ1n) is 22.1. The number of nitrogens with zero attached hydrogens (tertiary/aromatic N) is 6. The Bertz CT molecular complexity index is 2710. The third-order valence-corrected chi connectivity index (χ3v) is 15.1. The van der Waals surface area contributed by atoms with Gasteiger partial charge in [-0.05, 0) is 75.9 Å². The molecule has 2 aromatic heterocycles. The minimum Gasteiger partial charge on any atom is -0.493 e. The maximum absolute atomic E-state index is 12.4. The van der Waals surface area contributed by atoms with Gasteiger partial charge in [-0.2, -0.15) is 16.8 Å². The Morgan fingerprint density at radius 1 is 0.522 bits per heavy atom. The molecule has 19 nitrogen and oxygen atoms in total. The van der Waals surface area contributed by atoms with E-state index in [-0.39, 0.29) is 41.3 Å². The van der Waals surface area contributed by atoms with E-state index >= 15 is 0 Å². The smallest absolute Gasteiger partial charge is 0.296 e. The van der Waals surface area contributed by atoms with E-state index in [0.29, 0.717) is 74.9 Å². The molecular formula is C48H60N6O13S2. The lowest BCUT2D eigenvalue weighted by molar-refractivity contribution is -0.00266. The van der Waals surface area contributed by atoms with Crippen LogP contribution in [0.25, 0.3) is 21.8 Å². The fraction of sp³-hybridized carbons (Fsp3) is 0.417. The zero-order valence-corrected chi connectivity index (χ0v) is 41.2. The normalized spacial score (nSPS) is 15.7. The van der Waals surface area contributed by atoms with E-state index in [1.54, 1.807) is 52.7 Å². The molecule has 0 radical (unpaired) electrons. The van der Waals surface area contributed by atoms with E-state index in [4.69, 9.17) is 27.3 Å². The molecule has 0 atom stereocenters. The molecule has 2 aliphatic heterocycles. The first-order chi connectivity index (χ1) is 32.5. The van der Waals surface area contributed by atoms with Gasteiger partial charge in [-0.3, -0.25) is 8.37 Å². The van der Waals surface area contributed by atoms with E-state index in [2.05, 4.69) is 29.7 Å². The molecule has 4 N–H and O–H groups in total. The minimum absolute atomic E-state index is 0. The zero-order valence-electron chi connectivity index (χ0n) is 39.5. The first kappa shape index (κ1) is 52.4. The predicted molar refractivity (Wildman–Crippen MR) is 260 cm³/mol. The van der Waals surface area contributed by atoms with Crippen LogP contribution in [0.15, 0.2) is 95.2 Å². The molecule has 0 saturated carbocycles. The van der Waals surface area contributed by atoms with E-state index in [1.807, 2.05) is 38.1 Å². The van der Waals surface area contributed by atoms with Gasteiger partial charge in [0, 0.05) is 61.9 Å². The molecule has 8 rings (SSSR count). The average molecular weight is 993 g/mol. The summed E-state index contributed by atoms with van der Waals surface area (Å²) in [6.07, 6.45) is 5.30. The standard InChI is InChI=1S/2C24H29N3O6S.H2O/c2*1-17-4-6-18(7-5-17)34(29,30)33-13-10-24(28)8-11-27(12-9-24)23-19-14-21(31-2)22(32-3)15-20(19)25-16-26-23;/h2*4-7,14-16,28H,8-13H2,1-3H3;1H2. The Morgan fingerprint density at radius 2 is 0.841 bits per heavy atom. The van der Waals surface area contributed by atoms with Gasteiger partial charge in [0.05, 0.1) is 73.7 Å². The Kier molecular flexibility index (Phi) is 16.9. The summed E-state index contributed by atoms with van der Waals surface area (Å²) in [5.74, 6) is 3.87. The highest BCUT2D eigenvalue weighted by atomic mass is 32.2.